The maximum Gasteiger partial charge on any atom is 1.00 e. The van der Waals surface area contributed by atoms with Gasteiger partial charge in [-0.05, 0) is 26.3 Å². The summed E-state index contributed by atoms with van der Waals surface area (Å²) in [4.78, 5) is 78.8. The number of amides is 6. The number of carbonyl (C=O) groups is 6. The molecule has 0 saturated carbocycles. The molecule has 1 aromatic carbocycles. The molecule has 0 aliphatic carbocycles. The van der Waals surface area contributed by atoms with Crippen LogP contribution in [0.5, 0.6) is 0 Å². The van der Waals surface area contributed by atoms with Crippen LogP contribution in [0.4, 0.5) is 4.79 Å². The van der Waals surface area contributed by atoms with E-state index < -0.39 is 63.9 Å². The fourth-order valence-corrected chi connectivity index (χ4v) is 6.32. The Morgan fingerprint density at radius 3 is 2.38 bits per heavy atom. The average molecular weight is 542 g/mol. The molecule has 37 heavy (non-hydrogen) atoms. The summed E-state index contributed by atoms with van der Waals surface area (Å²) in [5.74, 6) is -4.12. The summed E-state index contributed by atoms with van der Waals surface area (Å²) in [5.41, 5.74) is 0.403. The number of fused-ring (bicyclic) bond motifs is 1. The summed E-state index contributed by atoms with van der Waals surface area (Å²) >= 11 is 1.28. The number of imide groups is 1. The van der Waals surface area contributed by atoms with Gasteiger partial charge in [-0.2, -0.15) is 0 Å². The first-order valence-electron chi connectivity index (χ1n) is 11.5. The van der Waals surface area contributed by atoms with E-state index in [1.54, 1.807) is 51.1 Å². The molecule has 0 aromatic heterocycles. The number of rotatable bonds is 6. The third-order valence-corrected chi connectivity index (χ3v) is 8.14. The Bertz CT molecular complexity index is 1140. The van der Waals surface area contributed by atoms with Gasteiger partial charge < -0.3 is 27.0 Å². The van der Waals surface area contributed by atoms with Crippen molar-refractivity contribution in [3.05, 3.63) is 35.9 Å². The van der Waals surface area contributed by atoms with E-state index in [0.717, 1.165) is 4.90 Å². The summed E-state index contributed by atoms with van der Waals surface area (Å²) in [6.07, 6.45) is 0. The van der Waals surface area contributed by atoms with Gasteiger partial charge in [0.05, 0.1) is 0 Å². The van der Waals surface area contributed by atoms with E-state index >= 15 is 0 Å². The van der Waals surface area contributed by atoms with E-state index in [1.807, 2.05) is 0 Å². The number of nitrogens with zero attached hydrogens (tertiary/aromatic N) is 3. The third kappa shape index (κ3) is 5.22. The molecule has 0 spiro atoms. The number of carbonyl (C=O) groups excluding carboxylic acids is 5. The van der Waals surface area contributed by atoms with Gasteiger partial charge in [-0.3, -0.25) is 24.1 Å². The topological polar surface area (TPSA) is 156 Å². The maximum atomic E-state index is 13.3. The van der Waals surface area contributed by atoms with E-state index in [9.17, 15) is 33.9 Å². The summed E-state index contributed by atoms with van der Waals surface area (Å²) in [6, 6.07) is 4.11. The van der Waals surface area contributed by atoms with Gasteiger partial charge in [0.25, 0.3) is 0 Å². The number of aliphatic carboxylic acids is 1. The van der Waals surface area contributed by atoms with Crippen molar-refractivity contribution >= 4 is 47.4 Å². The molecule has 194 valence electrons. The molecule has 3 aliphatic heterocycles. The number of urea groups is 1. The molecule has 4 atom stereocenters. The monoisotopic (exact) mass is 541 g/mol. The zero-order valence-corrected chi connectivity index (χ0v) is 23.8. The largest absolute Gasteiger partial charge is 1.00 e. The number of benzene rings is 1. The fourth-order valence-electron chi connectivity index (χ4n) is 4.70. The van der Waals surface area contributed by atoms with E-state index in [1.165, 1.54) is 21.6 Å². The second-order valence-electron chi connectivity index (χ2n) is 9.22. The minimum absolute atomic E-state index is 0. The van der Waals surface area contributed by atoms with Crippen molar-refractivity contribution in [3.63, 3.8) is 0 Å². The second-order valence-corrected chi connectivity index (χ2v) is 11.0. The van der Waals surface area contributed by atoms with Gasteiger partial charge >= 0.3 is 53.4 Å². The van der Waals surface area contributed by atoms with Gasteiger partial charge in [0, 0.05) is 24.4 Å². The Morgan fingerprint density at radius 2 is 1.78 bits per heavy atom. The number of β-lactam (4-membered cyclic amide) rings is 1. The molecule has 4 rings (SSSR count). The molecular weight excluding hydrogens is 513 g/mol. The van der Waals surface area contributed by atoms with Crippen LogP contribution in [0.2, 0.25) is 0 Å². The Balaban J connectivity index is 0.00000253. The van der Waals surface area contributed by atoms with Crippen molar-refractivity contribution in [3.8, 4) is 0 Å². The van der Waals surface area contributed by atoms with Crippen molar-refractivity contribution < 1.29 is 64.9 Å². The Labute approximate surface area is 241 Å². The third-order valence-electron chi connectivity index (χ3n) is 6.57. The molecule has 12 nitrogen and oxygen atoms in total. The van der Waals surface area contributed by atoms with Gasteiger partial charge in [-0.25, -0.2) is 9.59 Å². The Morgan fingerprint density at radius 1 is 1.14 bits per heavy atom. The van der Waals surface area contributed by atoms with Gasteiger partial charge in [0.1, 0.15) is 23.5 Å². The Hall–Kier alpha value is -2.61. The van der Waals surface area contributed by atoms with Crippen molar-refractivity contribution in [2.45, 2.75) is 49.0 Å². The summed E-state index contributed by atoms with van der Waals surface area (Å²) in [6.45, 7) is 5.67. The number of hydrogen-bond donors (Lipinski definition) is 3. The van der Waals surface area contributed by atoms with Gasteiger partial charge in [0.15, 0.2) is 0 Å². The number of hydrogen-bond acceptors (Lipinski definition) is 7. The first-order valence-corrected chi connectivity index (χ1v) is 12.3. The molecule has 6 amide bonds. The summed E-state index contributed by atoms with van der Waals surface area (Å²) in [7, 11) is 0. The molecule has 0 radical (unpaired) electrons. The zero-order chi connectivity index (χ0) is 26.4. The SMILES string of the molecule is CCN1CCN(C(=O)NC(C(=O)N[C@@H]2C(=O)N3[C@@H]2SC(C)(C)[C@@H]3C(=O)O)c2ccccc2)C(=O)C1=O.[H-].[Na+]. The molecule has 3 N–H and O–H groups in total. The van der Waals surface area contributed by atoms with Crippen LogP contribution >= 0.6 is 11.8 Å². The maximum absolute atomic E-state index is 13.3. The van der Waals surface area contributed by atoms with Crippen LogP contribution < -0.4 is 40.2 Å². The number of carboxylic acid groups (broad SMARTS) is 1. The smallest absolute Gasteiger partial charge is 1.00 e. The molecule has 14 heteroatoms. The average Bonchev–Trinajstić information content (AvgIpc) is 3.10. The standard InChI is InChI=1S/C23H27N5O7S.Na.H/c1-4-26-10-11-27(19(32)18(26)31)22(35)25-13(12-8-6-5-7-9-12)16(29)24-14-17(30)28-15(21(33)34)23(2,3)36-20(14)28;;/h5-9,13-15,20H,4,10-11H2,1-3H3,(H,24,29)(H,25,35)(H,33,34);;/q;+1;-1/t13?,14-,15+,20-;;/m1../s1. The molecule has 3 fully saturated rings. The van der Waals surface area contributed by atoms with E-state index in [-0.39, 0.29) is 44.1 Å². The fraction of sp³-hybridized carbons (Fsp3) is 0.478. The van der Waals surface area contributed by atoms with E-state index in [0.29, 0.717) is 12.1 Å². The number of piperazine rings is 1. The van der Waals surface area contributed by atoms with E-state index in [2.05, 4.69) is 10.6 Å². The van der Waals surface area contributed by atoms with Gasteiger partial charge in [0.2, 0.25) is 11.8 Å². The van der Waals surface area contributed by atoms with Crippen LogP contribution in [0.1, 0.15) is 33.8 Å². The normalized spacial score (nSPS) is 25.0. The molecule has 0 bridgehead atoms. The van der Waals surface area contributed by atoms with E-state index in [4.69, 9.17) is 0 Å². The predicted octanol–water partition coefficient (Wildman–Crippen LogP) is -3.12. The molecular formula is C23H28N5NaO7S. The van der Waals surface area contributed by atoms with Crippen LogP contribution in [0.3, 0.4) is 0 Å². The van der Waals surface area contributed by atoms with Crippen molar-refractivity contribution in [2.24, 2.45) is 0 Å². The minimum Gasteiger partial charge on any atom is -1.00 e. The molecule has 3 aliphatic rings. The summed E-state index contributed by atoms with van der Waals surface area (Å²) < 4.78 is -0.758. The van der Waals surface area contributed by atoms with Gasteiger partial charge in [-0.15, -0.1) is 11.8 Å². The predicted molar refractivity (Wildman–Crippen MR) is 128 cm³/mol. The number of nitrogens with one attached hydrogen (secondary N) is 2. The van der Waals surface area contributed by atoms with Crippen LogP contribution in [0.15, 0.2) is 30.3 Å². The van der Waals surface area contributed by atoms with Crippen LogP contribution in [-0.4, -0.2) is 97.3 Å². The second kappa shape index (κ2) is 11.0. The van der Waals surface area contributed by atoms with Crippen molar-refractivity contribution in [1.29, 1.82) is 0 Å². The molecule has 1 unspecified atom stereocenters. The van der Waals surface area contributed by atoms with Crippen molar-refractivity contribution in [1.82, 2.24) is 25.3 Å². The quantitative estimate of drug-likeness (QED) is 0.194. The molecule has 1 aromatic rings. The van der Waals surface area contributed by atoms with Crippen LogP contribution in [-0.2, 0) is 24.0 Å². The van der Waals surface area contributed by atoms with Crippen LogP contribution in [0.25, 0.3) is 0 Å². The zero-order valence-electron chi connectivity index (χ0n) is 22.0. The first kappa shape index (κ1) is 29.0. The number of carboxylic acids is 1. The first-order chi connectivity index (χ1) is 17.0. The van der Waals surface area contributed by atoms with Crippen LogP contribution in [0, 0.1) is 0 Å². The molecule has 3 heterocycles. The van der Waals surface area contributed by atoms with Crippen molar-refractivity contribution in [2.75, 3.05) is 19.6 Å². The number of likely N-dealkylation sites (N-methyl/N-ethyl adjacent to an activating group) is 1. The molecule has 3 saturated heterocycles. The minimum atomic E-state index is -1.26. The Kier molecular flexibility index (Phi) is 8.62. The number of thioether (sulfide) groups is 1. The van der Waals surface area contributed by atoms with Gasteiger partial charge in [-0.1, -0.05) is 30.3 Å². The summed E-state index contributed by atoms with van der Waals surface area (Å²) in [5, 5.41) is 14.2.